The zero-order valence-corrected chi connectivity index (χ0v) is 19.5. The third kappa shape index (κ3) is 6.16. The van der Waals surface area contributed by atoms with E-state index in [0.717, 1.165) is 25.8 Å². The molecule has 1 saturated carbocycles. The molecule has 0 amide bonds. The minimum atomic E-state index is -4.10. The number of halogens is 4. The van der Waals surface area contributed by atoms with E-state index in [2.05, 4.69) is 56.6 Å². The number of nitrogens with one attached hydrogen (secondary N) is 7. The molecule has 1 aliphatic carbocycles. The van der Waals surface area contributed by atoms with Gasteiger partial charge in [-0.15, -0.1) is 0 Å². The maximum Gasteiger partial charge on any atom is 0.391 e. The van der Waals surface area contributed by atoms with Crippen molar-refractivity contribution in [3.05, 3.63) is 0 Å². The molecule has 5 atom stereocenters. The van der Waals surface area contributed by atoms with Crippen LogP contribution in [0.1, 0.15) is 58.8 Å². The lowest BCUT2D eigenvalue weighted by Gasteiger charge is -2.46. The summed E-state index contributed by atoms with van der Waals surface area (Å²) in [5.74, 6) is -0.543. The fourth-order valence-electron chi connectivity index (χ4n) is 6.13. The average Bonchev–Trinajstić information content (AvgIpc) is 3.46. The van der Waals surface area contributed by atoms with Crippen LogP contribution in [-0.4, -0.2) is 61.0 Å². The van der Waals surface area contributed by atoms with E-state index in [0.29, 0.717) is 25.4 Å². The van der Waals surface area contributed by atoms with E-state index in [1.165, 1.54) is 0 Å². The second-order valence-electron chi connectivity index (χ2n) is 10.5. The maximum absolute atomic E-state index is 15.9. The minimum Gasteiger partial charge on any atom is -0.294 e. The standard InChI is InChI=1S/C21H40F4N8/c1-12(2)10-15(18-29-31-32-30-18)28-19-17(22)20(27-11-26-19)33-9-3-4-16(33)13-5-7-14(8-6-13)21(23,24)25/h12-20,26-32H,3-11H2,1-2H3. The largest absolute Gasteiger partial charge is 0.391 e. The van der Waals surface area contributed by atoms with E-state index < -0.39 is 30.6 Å². The molecule has 192 valence electrons. The molecule has 33 heavy (non-hydrogen) atoms. The van der Waals surface area contributed by atoms with Gasteiger partial charge in [0.25, 0.3) is 0 Å². The van der Waals surface area contributed by atoms with Crippen LogP contribution in [0.3, 0.4) is 0 Å². The summed E-state index contributed by atoms with van der Waals surface area (Å²) in [5.41, 5.74) is 11.9. The van der Waals surface area contributed by atoms with Gasteiger partial charge in [0.15, 0.2) is 6.17 Å². The van der Waals surface area contributed by atoms with Gasteiger partial charge in [-0.05, 0) is 56.8 Å². The number of likely N-dealkylation sites (tertiary alicyclic amines) is 1. The Morgan fingerprint density at radius 2 is 1.70 bits per heavy atom. The van der Waals surface area contributed by atoms with Crippen LogP contribution in [0, 0.1) is 17.8 Å². The molecular weight excluding hydrogens is 440 g/mol. The predicted molar refractivity (Wildman–Crippen MR) is 118 cm³/mol. The van der Waals surface area contributed by atoms with Crippen LogP contribution in [0.25, 0.3) is 0 Å². The fraction of sp³-hybridized carbons (Fsp3) is 1.00. The van der Waals surface area contributed by atoms with Crippen LogP contribution >= 0.6 is 0 Å². The summed E-state index contributed by atoms with van der Waals surface area (Å²) in [4.78, 5) is 2.20. The first-order valence-electron chi connectivity index (χ1n) is 12.4. The van der Waals surface area contributed by atoms with Gasteiger partial charge in [0.05, 0.1) is 18.2 Å². The Kier molecular flexibility index (Phi) is 8.48. The molecule has 0 aromatic heterocycles. The van der Waals surface area contributed by atoms with Gasteiger partial charge in [-0.25, -0.2) is 15.2 Å². The van der Waals surface area contributed by atoms with Gasteiger partial charge >= 0.3 is 6.18 Å². The molecule has 8 nitrogen and oxygen atoms in total. The van der Waals surface area contributed by atoms with Crippen LogP contribution in [-0.2, 0) is 0 Å². The number of alkyl halides is 4. The smallest absolute Gasteiger partial charge is 0.294 e. The topological polar surface area (TPSA) is 87.5 Å². The summed E-state index contributed by atoms with van der Waals surface area (Å²) in [6, 6.07) is 0.126. The lowest BCUT2D eigenvalue weighted by atomic mass is 9.77. The van der Waals surface area contributed by atoms with Gasteiger partial charge in [-0.3, -0.25) is 20.9 Å². The Morgan fingerprint density at radius 3 is 2.33 bits per heavy atom. The van der Waals surface area contributed by atoms with Gasteiger partial charge in [0, 0.05) is 25.3 Å². The molecule has 3 saturated heterocycles. The van der Waals surface area contributed by atoms with E-state index >= 15 is 4.39 Å². The van der Waals surface area contributed by atoms with Crippen molar-refractivity contribution in [2.24, 2.45) is 17.8 Å². The highest BCUT2D eigenvalue weighted by atomic mass is 19.4. The molecule has 3 heterocycles. The summed E-state index contributed by atoms with van der Waals surface area (Å²) in [6.07, 6.45) is -2.07. The van der Waals surface area contributed by atoms with Crippen LogP contribution in [0.2, 0.25) is 0 Å². The molecular formula is C21H40F4N8. The maximum atomic E-state index is 15.9. The van der Waals surface area contributed by atoms with Gasteiger partial charge in [-0.1, -0.05) is 13.8 Å². The number of hydrazine groups is 3. The van der Waals surface area contributed by atoms with E-state index in [9.17, 15) is 13.2 Å². The van der Waals surface area contributed by atoms with Gasteiger partial charge < -0.3 is 0 Å². The molecule has 5 unspecified atom stereocenters. The van der Waals surface area contributed by atoms with Gasteiger partial charge in [0.1, 0.15) is 6.17 Å². The zero-order chi connectivity index (χ0) is 23.6. The number of hydrogen-bond donors (Lipinski definition) is 7. The van der Waals surface area contributed by atoms with Crippen molar-refractivity contribution in [3.63, 3.8) is 0 Å². The molecule has 0 aromatic carbocycles. The van der Waals surface area contributed by atoms with Crippen LogP contribution in [0.4, 0.5) is 17.6 Å². The van der Waals surface area contributed by atoms with Crippen molar-refractivity contribution in [2.75, 3.05) is 13.2 Å². The summed E-state index contributed by atoms with van der Waals surface area (Å²) >= 11 is 0. The lowest BCUT2D eigenvalue weighted by molar-refractivity contribution is -0.185. The first-order chi connectivity index (χ1) is 15.7. The van der Waals surface area contributed by atoms with Crippen LogP contribution in [0.5, 0.6) is 0 Å². The third-order valence-corrected chi connectivity index (χ3v) is 7.77. The summed E-state index contributed by atoms with van der Waals surface area (Å²) in [6.45, 7) is 5.53. The highest BCUT2D eigenvalue weighted by molar-refractivity contribution is 4.98. The van der Waals surface area contributed by atoms with Crippen LogP contribution < -0.4 is 37.9 Å². The Balaban J connectivity index is 1.38. The van der Waals surface area contributed by atoms with E-state index in [1.54, 1.807) is 0 Å². The Hall–Kier alpha value is -0.600. The molecule has 4 fully saturated rings. The van der Waals surface area contributed by atoms with Crippen molar-refractivity contribution in [1.29, 1.82) is 0 Å². The first-order valence-corrected chi connectivity index (χ1v) is 12.4. The fourth-order valence-corrected chi connectivity index (χ4v) is 6.13. The minimum absolute atomic E-state index is 0.0194. The van der Waals surface area contributed by atoms with Crippen molar-refractivity contribution in [1.82, 2.24) is 42.8 Å². The monoisotopic (exact) mass is 480 g/mol. The molecule has 3 aliphatic heterocycles. The van der Waals surface area contributed by atoms with Crippen molar-refractivity contribution in [3.8, 4) is 0 Å². The molecule has 12 heteroatoms. The number of nitrogens with zero attached hydrogens (tertiary/aromatic N) is 1. The number of rotatable bonds is 7. The van der Waals surface area contributed by atoms with Gasteiger partial charge in [0.2, 0.25) is 0 Å². The highest BCUT2D eigenvalue weighted by Crippen LogP contribution is 2.43. The second-order valence-corrected chi connectivity index (χ2v) is 10.5. The molecule has 0 aromatic rings. The Bertz CT molecular complexity index is 610. The second kappa shape index (κ2) is 11.0. The summed E-state index contributed by atoms with van der Waals surface area (Å²) < 4.78 is 55.2. The molecule has 7 N–H and O–H groups in total. The average molecular weight is 481 g/mol. The van der Waals surface area contributed by atoms with Crippen molar-refractivity contribution in [2.45, 2.75) is 102 Å². The Labute approximate surface area is 193 Å². The van der Waals surface area contributed by atoms with Crippen molar-refractivity contribution < 1.29 is 17.6 Å². The van der Waals surface area contributed by atoms with Gasteiger partial charge in [-0.2, -0.15) is 24.2 Å². The van der Waals surface area contributed by atoms with E-state index in [1.807, 2.05) is 0 Å². The molecule has 0 radical (unpaired) electrons. The lowest BCUT2D eigenvalue weighted by Crippen LogP contribution is -2.71. The normalized spacial score (nSPS) is 38.3. The summed E-state index contributed by atoms with van der Waals surface area (Å²) in [5, 5.41) is 9.98. The molecule has 4 rings (SSSR count). The van der Waals surface area contributed by atoms with Crippen molar-refractivity contribution >= 4 is 0 Å². The summed E-state index contributed by atoms with van der Waals surface area (Å²) in [7, 11) is 0. The molecule has 0 bridgehead atoms. The first kappa shape index (κ1) is 25.5. The Morgan fingerprint density at radius 1 is 1.00 bits per heavy atom. The highest BCUT2D eigenvalue weighted by Gasteiger charge is 2.47. The van der Waals surface area contributed by atoms with Crippen LogP contribution in [0.15, 0.2) is 0 Å². The van der Waals surface area contributed by atoms with E-state index in [-0.39, 0.29) is 37.0 Å². The van der Waals surface area contributed by atoms with E-state index in [4.69, 9.17) is 0 Å². The number of hydrogen-bond acceptors (Lipinski definition) is 8. The third-order valence-electron chi connectivity index (χ3n) is 7.77. The quantitative estimate of drug-likeness (QED) is 0.276. The predicted octanol–water partition coefficient (Wildman–Crippen LogP) is 1.41. The molecule has 0 spiro atoms. The molecule has 4 aliphatic rings. The zero-order valence-electron chi connectivity index (χ0n) is 19.5. The SMILES string of the molecule is CC(C)CC(NC1NCNC(N2CCCC2C2CCC(C(F)(F)F)CC2)C1F)C1NNNN1.